The Hall–Kier alpha value is -3.93. The first-order valence-corrected chi connectivity index (χ1v) is 11.2. The summed E-state index contributed by atoms with van der Waals surface area (Å²) in [4.78, 5) is 32.2. The second kappa shape index (κ2) is 8.78. The van der Waals surface area contributed by atoms with Gasteiger partial charge in [-0.2, -0.15) is 0 Å². The number of carbonyl (C=O) groups is 2. The minimum absolute atomic E-state index is 0.000639. The smallest absolute Gasteiger partial charge is 0.296 e. The molecular formula is C28H28N2O4. The van der Waals surface area contributed by atoms with Gasteiger partial charge in [0.1, 0.15) is 11.5 Å². The molecule has 6 heteroatoms. The van der Waals surface area contributed by atoms with Crippen molar-refractivity contribution in [3.63, 3.8) is 0 Å². The van der Waals surface area contributed by atoms with Crippen LogP contribution in [0.4, 0.5) is 0 Å². The SMILES string of the molecule is Cc1ccc(C(C)(C)C)cc1/C(O)=C1\C(=O)C(=O)N(Cc2ccccn2)C1c1cccc(O)c1. The standard InChI is InChI=1S/C28H28N2O4/c1-17-11-12-19(28(2,3)4)15-22(17)25(32)23-24(18-8-7-10-21(31)14-18)30(27(34)26(23)33)16-20-9-5-6-13-29-20/h5-15,24,31-32H,16H2,1-4H3/b25-23+. The third kappa shape index (κ3) is 4.31. The van der Waals surface area contributed by atoms with Crippen molar-refractivity contribution < 1.29 is 19.8 Å². The summed E-state index contributed by atoms with van der Waals surface area (Å²) in [6.07, 6.45) is 1.62. The van der Waals surface area contributed by atoms with Crippen LogP contribution < -0.4 is 0 Å². The second-order valence-electron chi connectivity index (χ2n) is 9.62. The average Bonchev–Trinajstić information content (AvgIpc) is 3.04. The van der Waals surface area contributed by atoms with E-state index >= 15 is 0 Å². The molecule has 1 saturated heterocycles. The van der Waals surface area contributed by atoms with E-state index in [-0.39, 0.29) is 29.0 Å². The van der Waals surface area contributed by atoms with Crippen LogP contribution in [0.1, 0.15) is 54.8 Å². The number of aliphatic hydroxyl groups excluding tert-OH is 1. The van der Waals surface area contributed by atoms with Gasteiger partial charge in [-0.3, -0.25) is 14.6 Å². The number of benzene rings is 2. The summed E-state index contributed by atoms with van der Waals surface area (Å²) in [7, 11) is 0. The molecule has 4 rings (SSSR count). The first-order chi connectivity index (χ1) is 16.1. The third-order valence-electron chi connectivity index (χ3n) is 6.14. The van der Waals surface area contributed by atoms with Crippen molar-refractivity contribution in [2.24, 2.45) is 0 Å². The predicted molar refractivity (Wildman–Crippen MR) is 130 cm³/mol. The average molecular weight is 457 g/mol. The van der Waals surface area contributed by atoms with Crippen molar-refractivity contribution in [3.8, 4) is 5.75 Å². The summed E-state index contributed by atoms with van der Waals surface area (Å²) in [5.74, 6) is -1.70. The van der Waals surface area contributed by atoms with Gasteiger partial charge < -0.3 is 15.1 Å². The molecule has 1 aliphatic heterocycles. The van der Waals surface area contributed by atoms with Crippen molar-refractivity contribution in [2.75, 3.05) is 0 Å². The number of nitrogens with zero attached hydrogens (tertiary/aromatic N) is 2. The van der Waals surface area contributed by atoms with E-state index in [9.17, 15) is 19.8 Å². The van der Waals surface area contributed by atoms with E-state index in [0.717, 1.165) is 11.1 Å². The molecule has 2 heterocycles. The summed E-state index contributed by atoms with van der Waals surface area (Å²) in [6.45, 7) is 8.15. The highest BCUT2D eigenvalue weighted by atomic mass is 16.3. The van der Waals surface area contributed by atoms with Gasteiger partial charge in [0, 0.05) is 11.8 Å². The fraction of sp³-hybridized carbons (Fsp3) is 0.250. The lowest BCUT2D eigenvalue weighted by atomic mass is 9.84. The molecule has 0 spiro atoms. The molecular weight excluding hydrogens is 428 g/mol. The molecule has 2 N–H and O–H groups in total. The predicted octanol–water partition coefficient (Wildman–Crippen LogP) is 5.02. The maximum Gasteiger partial charge on any atom is 0.296 e. The monoisotopic (exact) mass is 456 g/mol. The second-order valence-corrected chi connectivity index (χ2v) is 9.62. The summed E-state index contributed by atoms with van der Waals surface area (Å²) in [5, 5.41) is 21.6. The number of hydrogen-bond acceptors (Lipinski definition) is 5. The van der Waals surface area contributed by atoms with E-state index in [1.54, 1.807) is 30.5 Å². The summed E-state index contributed by atoms with van der Waals surface area (Å²) < 4.78 is 0. The molecule has 1 unspecified atom stereocenters. The van der Waals surface area contributed by atoms with Gasteiger partial charge in [0.15, 0.2) is 0 Å². The van der Waals surface area contributed by atoms with Crippen LogP contribution in [0.25, 0.3) is 5.76 Å². The van der Waals surface area contributed by atoms with Crippen LogP contribution in [-0.4, -0.2) is 31.8 Å². The van der Waals surface area contributed by atoms with Gasteiger partial charge in [0.25, 0.3) is 11.7 Å². The van der Waals surface area contributed by atoms with E-state index in [0.29, 0.717) is 16.8 Å². The van der Waals surface area contributed by atoms with Crippen LogP contribution in [0.5, 0.6) is 5.75 Å². The summed E-state index contributed by atoms with van der Waals surface area (Å²) in [5.41, 5.74) is 3.27. The van der Waals surface area contributed by atoms with Crippen molar-refractivity contribution in [1.29, 1.82) is 0 Å². The molecule has 1 aromatic heterocycles. The first-order valence-electron chi connectivity index (χ1n) is 11.2. The van der Waals surface area contributed by atoms with Crippen molar-refractivity contribution >= 4 is 17.4 Å². The fourth-order valence-corrected chi connectivity index (χ4v) is 4.24. The van der Waals surface area contributed by atoms with E-state index in [4.69, 9.17) is 0 Å². The molecule has 1 amide bonds. The third-order valence-corrected chi connectivity index (χ3v) is 6.14. The number of aromatic nitrogens is 1. The molecule has 6 nitrogen and oxygen atoms in total. The van der Waals surface area contributed by atoms with Gasteiger partial charge >= 0.3 is 0 Å². The number of likely N-dealkylation sites (tertiary alicyclic amines) is 1. The van der Waals surface area contributed by atoms with Crippen molar-refractivity contribution in [1.82, 2.24) is 9.88 Å². The molecule has 1 aliphatic rings. The van der Waals surface area contributed by atoms with E-state index in [1.165, 1.54) is 17.0 Å². The number of Topliss-reactive ketones (excluding diaryl/α,β-unsaturated/α-hetero) is 1. The summed E-state index contributed by atoms with van der Waals surface area (Å²) in [6, 6.07) is 16.7. The zero-order valence-corrected chi connectivity index (χ0v) is 19.7. The quantitative estimate of drug-likeness (QED) is 0.327. The molecule has 0 saturated carbocycles. The number of phenolic OH excluding ortho intramolecular Hbond substituents is 1. The Labute approximate surface area is 199 Å². The highest BCUT2D eigenvalue weighted by Crippen LogP contribution is 2.41. The number of aromatic hydroxyl groups is 1. The number of amides is 1. The number of rotatable bonds is 4. The minimum Gasteiger partial charge on any atom is -0.508 e. The Morgan fingerprint density at radius 2 is 1.79 bits per heavy atom. The van der Waals surface area contributed by atoms with Crippen LogP contribution in [0.2, 0.25) is 0 Å². The molecule has 0 aliphatic carbocycles. The van der Waals surface area contributed by atoms with Crippen LogP contribution in [-0.2, 0) is 21.5 Å². The topological polar surface area (TPSA) is 90.7 Å². The van der Waals surface area contributed by atoms with Gasteiger partial charge in [-0.05, 0) is 59.4 Å². The Morgan fingerprint density at radius 1 is 1.03 bits per heavy atom. The fourth-order valence-electron chi connectivity index (χ4n) is 4.24. The number of phenols is 1. The van der Waals surface area contributed by atoms with E-state index in [1.807, 2.05) is 31.2 Å². The van der Waals surface area contributed by atoms with Gasteiger partial charge in [-0.1, -0.05) is 51.1 Å². The Morgan fingerprint density at radius 3 is 2.44 bits per heavy atom. The molecule has 1 fully saturated rings. The first kappa shape index (κ1) is 23.2. The van der Waals surface area contributed by atoms with Crippen molar-refractivity contribution in [2.45, 2.75) is 45.7 Å². The number of ketones is 1. The molecule has 2 aromatic carbocycles. The van der Waals surface area contributed by atoms with Gasteiger partial charge in [0.2, 0.25) is 0 Å². The molecule has 1 atom stereocenters. The minimum atomic E-state index is -0.869. The van der Waals surface area contributed by atoms with Gasteiger partial charge in [0.05, 0.1) is 23.9 Å². The lowest BCUT2D eigenvalue weighted by molar-refractivity contribution is -0.140. The zero-order valence-electron chi connectivity index (χ0n) is 19.7. The maximum atomic E-state index is 13.3. The van der Waals surface area contributed by atoms with Crippen LogP contribution in [0, 0.1) is 6.92 Å². The molecule has 0 bridgehead atoms. The highest BCUT2D eigenvalue weighted by Gasteiger charge is 2.46. The summed E-state index contributed by atoms with van der Waals surface area (Å²) >= 11 is 0. The molecule has 0 radical (unpaired) electrons. The van der Waals surface area contributed by atoms with Crippen molar-refractivity contribution in [3.05, 3.63) is 100 Å². The van der Waals surface area contributed by atoms with Crippen LogP contribution in [0.3, 0.4) is 0 Å². The number of carbonyl (C=O) groups excluding carboxylic acids is 2. The number of aliphatic hydroxyl groups is 1. The lowest BCUT2D eigenvalue weighted by Gasteiger charge is -2.25. The Bertz CT molecular complexity index is 1290. The number of pyridine rings is 1. The Kier molecular flexibility index (Phi) is 6.00. The normalized spacial score (nSPS) is 17.9. The van der Waals surface area contributed by atoms with Gasteiger partial charge in [-0.15, -0.1) is 0 Å². The largest absolute Gasteiger partial charge is 0.508 e. The van der Waals surface area contributed by atoms with Gasteiger partial charge in [-0.25, -0.2) is 0 Å². The number of hydrogen-bond donors (Lipinski definition) is 2. The highest BCUT2D eigenvalue weighted by molar-refractivity contribution is 6.46. The lowest BCUT2D eigenvalue weighted by Crippen LogP contribution is -2.29. The zero-order chi connectivity index (χ0) is 24.6. The number of aryl methyl sites for hydroxylation is 1. The van der Waals surface area contributed by atoms with Crippen LogP contribution >= 0.6 is 0 Å². The Balaban J connectivity index is 1.92. The molecule has 34 heavy (non-hydrogen) atoms. The van der Waals surface area contributed by atoms with E-state index < -0.39 is 17.7 Å². The van der Waals surface area contributed by atoms with Crippen LogP contribution in [0.15, 0.2) is 72.4 Å². The molecule has 3 aromatic rings. The van der Waals surface area contributed by atoms with E-state index in [2.05, 4.69) is 25.8 Å². The molecule has 174 valence electrons. The maximum absolute atomic E-state index is 13.3.